The number of anilines is 1. The molecule has 0 saturated heterocycles. The molecule has 0 radical (unpaired) electrons. The van der Waals surface area contributed by atoms with Gasteiger partial charge in [-0.3, -0.25) is 10.1 Å². The first-order chi connectivity index (χ1) is 13.9. The molecule has 3 aromatic rings. The lowest BCUT2D eigenvalue weighted by molar-refractivity contribution is -0.118. The van der Waals surface area contributed by atoms with E-state index in [1.54, 1.807) is 43.5 Å². The number of carbonyl (C=O) groups is 1. The molecule has 3 rings (SSSR count). The normalized spacial score (nSPS) is 10.7. The molecule has 1 amide bonds. The summed E-state index contributed by atoms with van der Waals surface area (Å²) in [6, 6.07) is 13.1. The van der Waals surface area contributed by atoms with Gasteiger partial charge < -0.3 is 14.2 Å². The van der Waals surface area contributed by atoms with Gasteiger partial charge in [-0.2, -0.15) is 8.78 Å². The van der Waals surface area contributed by atoms with E-state index in [4.69, 9.17) is 9.47 Å². The van der Waals surface area contributed by atoms with Crippen LogP contribution in [0.25, 0.3) is 11.3 Å². The van der Waals surface area contributed by atoms with E-state index in [0.29, 0.717) is 22.3 Å². The zero-order valence-electron chi connectivity index (χ0n) is 15.6. The predicted octanol–water partition coefficient (Wildman–Crippen LogP) is 4.75. The number of aromatic nitrogens is 1. The molecule has 0 aliphatic carbocycles. The lowest BCUT2D eigenvalue weighted by Crippen LogP contribution is -2.20. The van der Waals surface area contributed by atoms with Gasteiger partial charge in [-0.25, -0.2) is 4.98 Å². The number of rotatable bonds is 8. The van der Waals surface area contributed by atoms with Crippen LogP contribution in [0.1, 0.15) is 4.88 Å². The summed E-state index contributed by atoms with van der Waals surface area (Å²) in [7, 11) is 1.57. The van der Waals surface area contributed by atoms with Crippen molar-refractivity contribution in [2.75, 3.05) is 19.0 Å². The fourth-order valence-electron chi connectivity index (χ4n) is 2.49. The number of hydrogen-bond donors (Lipinski definition) is 1. The van der Waals surface area contributed by atoms with Gasteiger partial charge in [-0.1, -0.05) is 0 Å². The quantitative estimate of drug-likeness (QED) is 0.570. The fourth-order valence-corrected chi connectivity index (χ4v) is 3.34. The second-order valence-electron chi connectivity index (χ2n) is 5.84. The van der Waals surface area contributed by atoms with Gasteiger partial charge in [-0.05, 0) is 55.5 Å². The minimum absolute atomic E-state index is 0.0702. The van der Waals surface area contributed by atoms with Crippen LogP contribution >= 0.6 is 11.3 Å². The van der Waals surface area contributed by atoms with Crippen LogP contribution < -0.4 is 19.5 Å². The van der Waals surface area contributed by atoms with E-state index in [0.717, 1.165) is 10.4 Å². The third kappa shape index (κ3) is 5.64. The average Bonchev–Trinajstić information content (AvgIpc) is 3.07. The van der Waals surface area contributed by atoms with Crippen molar-refractivity contribution in [1.82, 2.24) is 4.98 Å². The maximum atomic E-state index is 12.2. The number of benzene rings is 2. The Morgan fingerprint density at radius 2 is 1.69 bits per heavy atom. The molecule has 0 aliphatic rings. The smallest absolute Gasteiger partial charge is 0.387 e. The number of hydrogen-bond acceptors (Lipinski definition) is 6. The number of aryl methyl sites for hydroxylation is 1. The number of ether oxygens (including phenoxy) is 3. The first kappa shape index (κ1) is 20.5. The number of nitrogens with zero attached hydrogens (tertiary/aromatic N) is 1. The van der Waals surface area contributed by atoms with Crippen LogP contribution in [0.3, 0.4) is 0 Å². The van der Waals surface area contributed by atoms with Crippen LogP contribution in [-0.4, -0.2) is 31.2 Å². The number of nitrogens with one attached hydrogen (secondary N) is 1. The van der Waals surface area contributed by atoms with Gasteiger partial charge in [-0.15, -0.1) is 11.3 Å². The van der Waals surface area contributed by atoms with Gasteiger partial charge >= 0.3 is 6.61 Å². The summed E-state index contributed by atoms with van der Waals surface area (Å²) in [5.41, 5.74) is 1.39. The summed E-state index contributed by atoms with van der Waals surface area (Å²) in [4.78, 5) is 17.4. The largest absolute Gasteiger partial charge is 0.497 e. The molecule has 0 saturated carbocycles. The van der Waals surface area contributed by atoms with E-state index in [1.165, 1.54) is 23.5 Å². The Labute approximate surface area is 170 Å². The number of halogens is 2. The van der Waals surface area contributed by atoms with Crippen molar-refractivity contribution in [2.24, 2.45) is 0 Å². The Kier molecular flexibility index (Phi) is 6.61. The molecule has 0 bridgehead atoms. The lowest BCUT2D eigenvalue weighted by Gasteiger charge is -2.06. The van der Waals surface area contributed by atoms with Crippen LogP contribution in [0.15, 0.2) is 48.5 Å². The van der Waals surface area contributed by atoms with Crippen molar-refractivity contribution in [1.29, 1.82) is 0 Å². The van der Waals surface area contributed by atoms with Gasteiger partial charge in [0.05, 0.1) is 12.8 Å². The van der Waals surface area contributed by atoms with E-state index in [1.807, 2.05) is 6.92 Å². The fraction of sp³-hybridized carbons (Fsp3) is 0.200. The predicted molar refractivity (Wildman–Crippen MR) is 106 cm³/mol. The summed E-state index contributed by atoms with van der Waals surface area (Å²) in [5, 5.41) is 3.12. The number of alkyl halides is 2. The van der Waals surface area contributed by atoms with Crippen molar-refractivity contribution in [3.8, 4) is 28.5 Å². The molecular weight excluding hydrogens is 402 g/mol. The highest BCUT2D eigenvalue weighted by Crippen LogP contribution is 2.31. The van der Waals surface area contributed by atoms with Crippen LogP contribution in [0.5, 0.6) is 17.2 Å². The average molecular weight is 420 g/mol. The molecule has 0 aliphatic heterocycles. The number of methoxy groups -OCH3 is 1. The SMILES string of the molecule is COc1ccc(OCC(=O)Nc2nc(-c3ccc(OC(F)F)cc3)c(C)s2)cc1. The van der Waals surface area contributed by atoms with Crippen molar-refractivity contribution >= 4 is 22.4 Å². The summed E-state index contributed by atoms with van der Waals surface area (Å²) in [6.45, 7) is -1.18. The van der Waals surface area contributed by atoms with Gasteiger partial charge in [0.25, 0.3) is 5.91 Å². The Hall–Kier alpha value is -3.20. The summed E-state index contributed by atoms with van der Waals surface area (Å²) in [5.74, 6) is 0.965. The standard InChI is InChI=1S/C20H18F2N2O4S/c1-12-18(13-3-5-16(6-4-13)28-19(21)22)24-20(29-12)23-17(25)11-27-15-9-7-14(26-2)8-10-15/h3-10,19H,11H2,1-2H3,(H,23,24,25). The molecular formula is C20H18F2N2O4S. The molecule has 1 N–H and O–H groups in total. The minimum Gasteiger partial charge on any atom is -0.497 e. The van der Waals surface area contributed by atoms with Gasteiger partial charge in [0.2, 0.25) is 0 Å². The van der Waals surface area contributed by atoms with E-state index >= 15 is 0 Å². The van der Waals surface area contributed by atoms with Crippen molar-refractivity contribution < 1.29 is 27.8 Å². The topological polar surface area (TPSA) is 69.7 Å². The minimum atomic E-state index is -2.87. The Balaban J connectivity index is 1.59. The second-order valence-corrected chi connectivity index (χ2v) is 7.04. The van der Waals surface area contributed by atoms with Crippen molar-refractivity contribution in [3.63, 3.8) is 0 Å². The third-order valence-electron chi connectivity index (χ3n) is 3.83. The zero-order valence-corrected chi connectivity index (χ0v) is 16.5. The first-order valence-electron chi connectivity index (χ1n) is 8.54. The van der Waals surface area contributed by atoms with Gasteiger partial charge in [0, 0.05) is 10.4 Å². The lowest BCUT2D eigenvalue weighted by atomic mass is 10.1. The molecule has 0 fully saturated rings. The monoisotopic (exact) mass is 420 g/mol. The number of carbonyl (C=O) groups excluding carboxylic acids is 1. The molecule has 2 aromatic carbocycles. The van der Waals surface area contributed by atoms with Crippen LogP contribution in [-0.2, 0) is 4.79 Å². The van der Waals surface area contributed by atoms with Crippen LogP contribution in [0.2, 0.25) is 0 Å². The maximum absolute atomic E-state index is 12.2. The highest BCUT2D eigenvalue weighted by molar-refractivity contribution is 7.16. The van der Waals surface area contributed by atoms with Crippen molar-refractivity contribution in [2.45, 2.75) is 13.5 Å². The number of thiazole rings is 1. The second kappa shape index (κ2) is 9.33. The van der Waals surface area contributed by atoms with E-state index in [-0.39, 0.29) is 18.3 Å². The Morgan fingerprint density at radius 3 is 2.31 bits per heavy atom. The molecule has 0 atom stereocenters. The van der Waals surface area contributed by atoms with Crippen LogP contribution in [0.4, 0.5) is 13.9 Å². The van der Waals surface area contributed by atoms with E-state index in [9.17, 15) is 13.6 Å². The third-order valence-corrected chi connectivity index (χ3v) is 4.71. The van der Waals surface area contributed by atoms with Crippen molar-refractivity contribution in [3.05, 3.63) is 53.4 Å². The van der Waals surface area contributed by atoms with E-state index in [2.05, 4.69) is 15.0 Å². The van der Waals surface area contributed by atoms with E-state index < -0.39 is 6.61 Å². The first-order valence-corrected chi connectivity index (χ1v) is 9.35. The summed E-state index contributed by atoms with van der Waals surface area (Å²) < 4.78 is 39.3. The number of amides is 1. The molecule has 152 valence electrons. The molecule has 9 heteroatoms. The molecule has 0 unspecified atom stereocenters. The summed E-state index contributed by atoms with van der Waals surface area (Å²) >= 11 is 1.31. The Morgan fingerprint density at radius 1 is 1.07 bits per heavy atom. The molecule has 29 heavy (non-hydrogen) atoms. The van der Waals surface area contributed by atoms with Gasteiger partial charge in [0.1, 0.15) is 17.2 Å². The molecule has 0 spiro atoms. The molecule has 1 heterocycles. The highest BCUT2D eigenvalue weighted by Gasteiger charge is 2.13. The Bertz CT molecular complexity index is 960. The highest BCUT2D eigenvalue weighted by atomic mass is 32.1. The molecule has 6 nitrogen and oxygen atoms in total. The van der Waals surface area contributed by atoms with Gasteiger partial charge in [0.15, 0.2) is 11.7 Å². The molecule has 1 aromatic heterocycles. The maximum Gasteiger partial charge on any atom is 0.387 e. The summed E-state index contributed by atoms with van der Waals surface area (Å²) in [6.07, 6.45) is 0. The zero-order chi connectivity index (χ0) is 20.8. The van der Waals surface area contributed by atoms with Crippen LogP contribution in [0, 0.1) is 6.92 Å².